The molecule has 0 aromatic carbocycles. The van der Waals surface area contributed by atoms with E-state index in [0.29, 0.717) is 5.92 Å². The summed E-state index contributed by atoms with van der Waals surface area (Å²) in [6.07, 6.45) is 4.20. The molecule has 0 saturated carbocycles. The van der Waals surface area contributed by atoms with Gasteiger partial charge in [0.25, 0.3) is 0 Å². The normalized spacial score (nSPS) is 26.9. The van der Waals surface area contributed by atoms with Crippen molar-refractivity contribution in [1.82, 2.24) is 5.43 Å². The molecule has 2 atom stereocenters. The Kier molecular flexibility index (Phi) is 4.66. The van der Waals surface area contributed by atoms with E-state index in [1.807, 2.05) is 11.3 Å². The van der Waals surface area contributed by atoms with E-state index in [0.717, 1.165) is 45.5 Å². The first-order valence-corrected chi connectivity index (χ1v) is 8.70. The average Bonchev–Trinajstić information content (AvgIpc) is 2.80. The maximum atomic E-state index is 6.15. The molecule has 2 saturated heterocycles. The van der Waals surface area contributed by atoms with E-state index in [1.54, 1.807) is 0 Å². The Morgan fingerprint density at radius 3 is 2.71 bits per heavy atom. The summed E-state index contributed by atoms with van der Waals surface area (Å²) in [4.78, 5) is 2.75. The molecule has 2 aliphatic rings. The highest BCUT2D eigenvalue weighted by atomic mass is 32.1. The van der Waals surface area contributed by atoms with Crippen molar-refractivity contribution in [2.24, 2.45) is 11.8 Å². The Morgan fingerprint density at radius 2 is 2.10 bits per heavy atom. The van der Waals surface area contributed by atoms with Gasteiger partial charge >= 0.3 is 0 Å². The first kappa shape index (κ1) is 15.4. The second kappa shape index (κ2) is 6.34. The fourth-order valence-electron chi connectivity index (χ4n) is 3.65. The van der Waals surface area contributed by atoms with Crippen LogP contribution in [-0.2, 0) is 9.47 Å². The van der Waals surface area contributed by atoms with Crippen molar-refractivity contribution >= 4 is 11.3 Å². The molecule has 2 fully saturated rings. The minimum Gasteiger partial charge on any atom is -0.381 e. The molecular weight excluding hydrogens is 284 g/mol. The van der Waals surface area contributed by atoms with Crippen molar-refractivity contribution in [3.8, 4) is 0 Å². The summed E-state index contributed by atoms with van der Waals surface area (Å²) in [7, 11) is 0. The first-order chi connectivity index (χ1) is 10.1. The van der Waals surface area contributed by atoms with E-state index in [1.165, 1.54) is 15.3 Å². The number of hydrogen-bond donors (Lipinski definition) is 2. The zero-order valence-corrected chi connectivity index (χ0v) is 13.8. The van der Waals surface area contributed by atoms with E-state index in [-0.39, 0.29) is 11.6 Å². The molecule has 118 valence electrons. The lowest BCUT2D eigenvalue weighted by atomic mass is 9.77. The van der Waals surface area contributed by atoms with Crippen molar-refractivity contribution in [2.75, 3.05) is 19.8 Å². The summed E-state index contributed by atoms with van der Waals surface area (Å²) in [5.74, 6) is 6.45. The molecule has 3 heterocycles. The van der Waals surface area contributed by atoms with Crippen LogP contribution in [0.3, 0.4) is 0 Å². The largest absolute Gasteiger partial charge is 0.381 e. The van der Waals surface area contributed by atoms with Gasteiger partial charge in [0.2, 0.25) is 0 Å². The van der Waals surface area contributed by atoms with Crippen molar-refractivity contribution in [1.29, 1.82) is 0 Å². The molecule has 3 rings (SSSR count). The molecule has 1 aromatic rings. The number of hydrazine groups is 1. The number of nitrogens with two attached hydrogens (primary N) is 1. The van der Waals surface area contributed by atoms with Crippen LogP contribution in [0, 0.1) is 19.8 Å². The molecule has 0 amide bonds. The summed E-state index contributed by atoms with van der Waals surface area (Å²) in [6.45, 7) is 6.84. The molecule has 2 aliphatic heterocycles. The van der Waals surface area contributed by atoms with Crippen LogP contribution in [0.15, 0.2) is 6.07 Å². The van der Waals surface area contributed by atoms with Gasteiger partial charge in [-0.3, -0.25) is 11.3 Å². The monoisotopic (exact) mass is 310 g/mol. The van der Waals surface area contributed by atoms with Crippen molar-refractivity contribution in [2.45, 2.75) is 51.2 Å². The van der Waals surface area contributed by atoms with Gasteiger partial charge in [-0.25, -0.2) is 0 Å². The summed E-state index contributed by atoms with van der Waals surface area (Å²) < 4.78 is 11.7. The van der Waals surface area contributed by atoms with Crippen LogP contribution in [0.2, 0.25) is 0 Å². The highest BCUT2D eigenvalue weighted by Crippen LogP contribution is 2.43. The van der Waals surface area contributed by atoms with Crippen molar-refractivity contribution in [3.63, 3.8) is 0 Å². The van der Waals surface area contributed by atoms with Crippen LogP contribution in [0.1, 0.15) is 47.0 Å². The van der Waals surface area contributed by atoms with Crippen LogP contribution in [0.25, 0.3) is 0 Å². The van der Waals surface area contributed by atoms with E-state index < -0.39 is 0 Å². The predicted molar refractivity (Wildman–Crippen MR) is 85.3 cm³/mol. The topological polar surface area (TPSA) is 56.5 Å². The molecule has 5 heteroatoms. The zero-order valence-electron chi connectivity index (χ0n) is 13.0. The van der Waals surface area contributed by atoms with Crippen LogP contribution in [0.4, 0.5) is 0 Å². The number of hydrogen-bond acceptors (Lipinski definition) is 5. The maximum Gasteiger partial charge on any atom is 0.0729 e. The molecular formula is C16H26N2O2S. The number of thiophene rings is 1. The Hall–Kier alpha value is -0.460. The van der Waals surface area contributed by atoms with E-state index in [4.69, 9.17) is 15.3 Å². The Bertz CT molecular complexity index is 458. The fraction of sp³-hybridized carbons (Fsp3) is 0.750. The van der Waals surface area contributed by atoms with Crippen LogP contribution >= 0.6 is 11.3 Å². The fourth-order valence-corrected chi connectivity index (χ4v) is 4.84. The second-order valence-electron chi connectivity index (χ2n) is 6.43. The summed E-state index contributed by atoms with van der Waals surface area (Å²) in [5.41, 5.74) is 4.46. The smallest absolute Gasteiger partial charge is 0.0729 e. The standard InChI is InChI=1S/C16H26N2O2S/c1-11-9-14(21-12(11)2)15(18-17)13-3-6-20-16(10-13)4-7-19-8-5-16/h9,13,15,18H,3-8,10,17H2,1-2H3. The lowest BCUT2D eigenvalue weighted by Crippen LogP contribution is -2.47. The van der Waals surface area contributed by atoms with Crippen LogP contribution in [0.5, 0.6) is 0 Å². The number of ether oxygens (including phenoxy) is 2. The Labute approximate surface area is 131 Å². The molecule has 4 nitrogen and oxygen atoms in total. The first-order valence-electron chi connectivity index (χ1n) is 7.88. The molecule has 1 aromatic heterocycles. The predicted octanol–water partition coefficient (Wildman–Crippen LogP) is 2.85. The van der Waals surface area contributed by atoms with Gasteiger partial charge in [-0.05, 0) is 57.1 Å². The van der Waals surface area contributed by atoms with Gasteiger partial charge in [0.1, 0.15) is 0 Å². The van der Waals surface area contributed by atoms with E-state index >= 15 is 0 Å². The van der Waals surface area contributed by atoms with Gasteiger partial charge in [0, 0.05) is 29.6 Å². The SMILES string of the molecule is Cc1cc(C(NN)C2CCOC3(CCOCC3)C2)sc1C. The molecule has 3 N–H and O–H groups in total. The summed E-state index contributed by atoms with van der Waals surface area (Å²) >= 11 is 1.87. The van der Waals surface area contributed by atoms with Crippen LogP contribution in [-0.4, -0.2) is 25.4 Å². The van der Waals surface area contributed by atoms with E-state index in [9.17, 15) is 0 Å². The molecule has 0 radical (unpaired) electrons. The molecule has 0 aliphatic carbocycles. The highest BCUT2D eigenvalue weighted by Gasteiger charge is 2.41. The second-order valence-corrected chi connectivity index (χ2v) is 7.72. The zero-order chi connectivity index (χ0) is 14.9. The quantitative estimate of drug-likeness (QED) is 0.666. The Balaban J connectivity index is 1.77. The third-order valence-corrected chi connectivity index (χ3v) is 6.31. The third-order valence-electron chi connectivity index (χ3n) is 5.08. The summed E-state index contributed by atoms with van der Waals surface area (Å²) in [6, 6.07) is 2.53. The lowest BCUT2D eigenvalue weighted by molar-refractivity contribution is -0.150. The number of aryl methyl sites for hydroxylation is 2. The minimum atomic E-state index is 0.0254. The molecule has 1 spiro atoms. The molecule has 21 heavy (non-hydrogen) atoms. The van der Waals surface area contributed by atoms with Gasteiger partial charge in [0.15, 0.2) is 0 Å². The van der Waals surface area contributed by atoms with E-state index in [2.05, 4.69) is 25.3 Å². The number of rotatable bonds is 3. The minimum absolute atomic E-state index is 0.0254. The van der Waals surface area contributed by atoms with Gasteiger partial charge in [0.05, 0.1) is 11.6 Å². The van der Waals surface area contributed by atoms with Gasteiger partial charge in [-0.1, -0.05) is 0 Å². The Morgan fingerprint density at radius 1 is 1.33 bits per heavy atom. The maximum absolute atomic E-state index is 6.15. The van der Waals surface area contributed by atoms with Gasteiger partial charge < -0.3 is 9.47 Å². The average molecular weight is 310 g/mol. The van der Waals surface area contributed by atoms with Gasteiger partial charge in [-0.2, -0.15) is 0 Å². The third kappa shape index (κ3) is 3.17. The lowest BCUT2D eigenvalue weighted by Gasteiger charge is -2.45. The van der Waals surface area contributed by atoms with Crippen molar-refractivity contribution in [3.05, 3.63) is 21.4 Å². The van der Waals surface area contributed by atoms with Crippen LogP contribution < -0.4 is 11.3 Å². The number of nitrogens with one attached hydrogen (secondary N) is 1. The molecule has 2 unspecified atom stereocenters. The van der Waals surface area contributed by atoms with Crippen molar-refractivity contribution < 1.29 is 9.47 Å². The summed E-state index contributed by atoms with van der Waals surface area (Å²) in [5, 5.41) is 0. The van der Waals surface area contributed by atoms with Gasteiger partial charge in [-0.15, -0.1) is 11.3 Å². The molecule has 0 bridgehead atoms. The highest BCUT2D eigenvalue weighted by molar-refractivity contribution is 7.12.